The molecule has 29 heavy (non-hydrogen) atoms. The van der Waals surface area contributed by atoms with Gasteiger partial charge in [0.2, 0.25) is 0 Å². The van der Waals surface area contributed by atoms with Gasteiger partial charge in [0.25, 0.3) is 5.91 Å². The smallest absolute Gasteiger partial charge is 0.353 e. The van der Waals surface area contributed by atoms with Gasteiger partial charge in [0.1, 0.15) is 0 Å². The molecule has 4 rings (SSSR count). The summed E-state index contributed by atoms with van der Waals surface area (Å²) in [4.78, 5) is 15.1. The summed E-state index contributed by atoms with van der Waals surface area (Å²) in [6, 6.07) is 8.89. The van der Waals surface area contributed by atoms with E-state index in [0.29, 0.717) is 17.8 Å². The van der Waals surface area contributed by atoms with Crippen LogP contribution < -0.4 is 0 Å². The van der Waals surface area contributed by atoms with E-state index in [4.69, 9.17) is 0 Å². The lowest BCUT2D eigenvalue weighted by atomic mass is 10.1. The summed E-state index contributed by atoms with van der Waals surface area (Å²) < 4.78 is 42.5. The zero-order valence-corrected chi connectivity index (χ0v) is 16.1. The summed E-state index contributed by atoms with van der Waals surface area (Å²) in [5.74, 6) is -0.149. The second-order valence-corrected chi connectivity index (χ2v) is 7.30. The highest BCUT2D eigenvalue weighted by atomic mass is 19.4. The summed E-state index contributed by atoms with van der Waals surface area (Å²) in [5, 5.41) is 4.20. The van der Waals surface area contributed by atoms with Gasteiger partial charge in [0.05, 0.1) is 34.7 Å². The number of hydrogen-bond donors (Lipinski definition) is 0. The molecule has 0 N–H and O–H groups in total. The molecule has 1 aliphatic heterocycles. The van der Waals surface area contributed by atoms with Crippen molar-refractivity contribution >= 4 is 5.91 Å². The van der Waals surface area contributed by atoms with Crippen LogP contribution in [-0.4, -0.2) is 31.7 Å². The van der Waals surface area contributed by atoms with Crippen LogP contribution in [0, 0.1) is 6.92 Å². The molecule has 0 bridgehead atoms. The third-order valence-corrected chi connectivity index (χ3v) is 5.50. The Bertz CT molecular complexity index is 1050. The predicted octanol–water partition coefficient (Wildman–Crippen LogP) is 4.52. The summed E-state index contributed by atoms with van der Waals surface area (Å²) in [6.07, 6.45) is 0.742. The minimum atomic E-state index is -4.44. The maximum absolute atomic E-state index is 13.2. The minimum absolute atomic E-state index is 0.0150. The van der Waals surface area contributed by atoms with Crippen molar-refractivity contribution in [3.05, 3.63) is 71.3 Å². The molecule has 152 valence electrons. The van der Waals surface area contributed by atoms with Crippen LogP contribution in [-0.2, 0) is 13.2 Å². The highest BCUT2D eigenvalue weighted by Crippen LogP contribution is 2.34. The van der Waals surface area contributed by atoms with Gasteiger partial charge in [0, 0.05) is 25.5 Å². The number of carbonyl (C=O) groups excluding carboxylic acids is 1. The number of halogens is 3. The molecule has 0 radical (unpaired) electrons. The fraction of sp³-hybridized carbons (Fsp3) is 0.333. The Morgan fingerprint density at radius 1 is 1.21 bits per heavy atom. The van der Waals surface area contributed by atoms with Crippen molar-refractivity contribution < 1.29 is 18.0 Å². The molecule has 1 atom stereocenters. The van der Waals surface area contributed by atoms with E-state index in [1.807, 2.05) is 34.8 Å². The molecule has 1 amide bonds. The first-order valence-corrected chi connectivity index (χ1v) is 9.42. The van der Waals surface area contributed by atoms with E-state index in [0.717, 1.165) is 30.7 Å². The largest absolute Gasteiger partial charge is 0.416 e. The standard InChI is InChI=1S/C21H21F3N4O/c1-14-17(13-25-28(14)16-7-3-6-15(12-16)21(22,23)24)20(29)27-11-5-9-19(27)18-8-4-10-26(18)2/h3-4,6-8,10,12-13,19H,5,9,11H2,1-2H3. The molecular weight excluding hydrogens is 381 g/mol. The summed E-state index contributed by atoms with van der Waals surface area (Å²) in [7, 11) is 1.95. The number of amides is 1. The van der Waals surface area contributed by atoms with Crippen LogP contribution >= 0.6 is 0 Å². The van der Waals surface area contributed by atoms with Gasteiger partial charge in [-0.1, -0.05) is 6.07 Å². The number of rotatable bonds is 3. The number of hydrogen-bond acceptors (Lipinski definition) is 2. The fourth-order valence-corrected chi connectivity index (χ4v) is 3.99. The quantitative estimate of drug-likeness (QED) is 0.647. The molecule has 0 spiro atoms. The lowest BCUT2D eigenvalue weighted by molar-refractivity contribution is -0.137. The number of alkyl halides is 3. The number of carbonyl (C=O) groups is 1. The van der Waals surface area contributed by atoms with E-state index < -0.39 is 11.7 Å². The van der Waals surface area contributed by atoms with Gasteiger partial charge in [-0.05, 0) is 50.1 Å². The van der Waals surface area contributed by atoms with Gasteiger partial charge >= 0.3 is 6.18 Å². The Labute approximate surface area is 166 Å². The van der Waals surface area contributed by atoms with Crippen molar-refractivity contribution in [2.45, 2.75) is 32.0 Å². The van der Waals surface area contributed by atoms with Crippen LogP contribution in [0.4, 0.5) is 13.2 Å². The van der Waals surface area contributed by atoms with Crippen molar-refractivity contribution in [2.75, 3.05) is 6.54 Å². The Balaban J connectivity index is 1.65. The highest BCUT2D eigenvalue weighted by molar-refractivity contribution is 5.95. The molecule has 1 saturated heterocycles. The molecule has 1 fully saturated rings. The van der Waals surface area contributed by atoms with Gasteiger partial charge in [0.15, 0.2) is 0 Å². The van der Waals surface area contributed by atoms with Crippen LogP contribution in [0.15, 0.2) is 48.8 Å². The molecule has 1 unspecified atom stereocenters. The van der Waals surface area contributed by atoms with Gasteiger partial charge in [-0.15, -0.1) is 0 Å². The Kier molecular flexibility index (Phi) is 4.72. The van der Waals surface area contributed by atoms with Crippen molar-refractivity contribution in [2.24, 2.45) is 7.05 Å². The summed E-state index contributed by atoms with van der Waals surface area (Å²) in [6.45, 7) is 2.34. The third-order valence-electron chi connectivity index (χ3n) is 5.50. The SMILES string of the molecule is Cc1c(C(=O)N2CCCC2c2cccn2C)cnn1-c1cccc(C(F)(F)F)c1. The van der Waals surface area contributed by atoms with Gasteiger partial charge in [-0.2, -0.15) is 18.3 Å². The Morgan fingerprint density at radius 3 is 2.69 bits per heavy atom. The first kappa shape index (κ1) is 19.3. The van der Waals surface area contributed by atoms with E-state index in [1.54, 1.807) is 13.0 Å². The molecule has 5 nitrogen and oxygen atoms in total. The molecule has 3 aromatic rings. The maximum Gasteiger partial charge on any atom is 0.416 e. The topological polar surface area (TPSA) is 43.1 Å². The highest BCUT2D eigenvalue weighted by Gasteiger charge is 2.34. The zero-order valence-electron chi connectivity index (χ0n) is 16.1. The number of aromatic nitrogens is 3. The lowest BCUT2D eigenvalue weighted by Crippen LogP contribution is -2.31. The zero-order chi connectivity index (χ0) is 20.8. The number of aryl methyl sites for hydroxylation is 1. The maximum atomic E-state index is 13.2. The van der Waals surface area contributed by atoms with Gasteiger partial charge in [-0.25, -0.2) is 4.68 Å². The van der Waals surface area contributed by atoms with Crippen molar-refractivity contribution in [3.8, 4) is 5.69 Å². The van der Waals surface area contributed by atoms with Crippen LogP contribution in [0.5, 0.6) is 0 Å². The fourth-order valence-electron chi connectivity index (χ4n) is 3.99. The minimum Gasteiger partial charge on any atom is -0.353 e. The van der Waals surface area contributed by atoms with Crippen LogP contribution in [0.2, 0.25) is 0 Å². The Hall–Kier alpha value is -3.03. The molecule has 0 aliphatic carbocycles. The van der Waals surface area contributed by atoms with E-state index in [9.17, 15) is 18.0 Å². The molecule has 0 saturated carbocycles. The van der Waals surface area contributed by atoms with Crippen LogP contribution in [0.3, 0.4) is 0 Å². The summed E-state index contributed by atoms with van der Waals surface area (Å²) >= 11 is 0. The number of nitrogens with zero attached hydrogens (tertiary/aromatic N) is 4. The second kappa shape index (κ2) is 7.09. The normalized spacial score (nSPS) is 17.1. The molecule has 1 aromatic carbocycles. The molecule has 8 heteroatoms. The van der Waals surface area contributed by atoms with Crippen molar-refractivity contribution in [1.29, 1.82) is 0 Å². The van der Waals surface area contributed by atoms with E-state index in [1.165, 1.54) is 16.9 Å². The van der Waals surface area contributed by atoms with Gasteiger partial charge in [-0.3, -0.25) is 4.79 Å². The first-order chi connectivity index (χ1) is 13.8. The molecule has 2 aromatic heterocycles. The van der Waals surface area contributed by atoms with Gasteiger partial charge < -0.3 is 9.47 Å². The van der Waals surface area contributed by atoms with Crippen molar-refractivity contribution in [1.82, 2.24) is 19.2 Å². The molecular formula is C21H21F3N4O. The second-order valence-electron chi connectivity index (χ2n) is 7.30. The monoisotopic (exact) mass is 402 g/mol. The van der Waals surface area contributed by atoms with E-state index >= 15 is 0 Å². The average molecular weight is 402 g/mol. The molecule has 3 heterocycles. The van der Waals surface area contributed by atoms with Crippen LogP contribution in [0.25, 0.3) is 5.69 Å². The molecule has 1 aliphatic rings. The predicted molar refractivity (Wildman–Crippen MR) is 102 cm³/mol. The van der Waals surface area contributed by atoms with Crippen LogP contribution in [0.1, 0.15) is 46.2 Å². The summed E-state index contributed by atoms with van der Waals surface area (Å²) in [5.41, 5.74) is 1.52. The number of likely N-dealkylation sites (tertiary alicyclic amines) is 1. The number of benzene rings is 1. The van der Waals surface area contributed by atoms with Crippen molar-refractivity contribution in [3.63, 3.8) is 0 Å². The third kappa shape index (κ3) is 3.43. The lowest BCUT2D eigenvalue weighted by Gasteiger charge is -2.25. The Morgan fingerprint density at radius 2 is 2.00 bits per heavy atom. The first-order valence-electron chi connectivity index (χ1n) is 9.42. The average Bonchev–Trinajstić information content (AvgIpc) is 3.40. The van der Waals surface area contributed by atoms with E-state index in [-0.39, 0.29) is 17.6 Å². The van der Waals surface area contributed by atoms with E-state index in [2.05, 4.69) is 5.10 Å².